The number of anilines is 3. The van der Waals surface area contributed by atoms with E-state index in [1.807, 2.05) is 24.5 Å². The summed E-state index contributed by atoms with van der Waals surface area (Å²) >= 11 is 0. The van der Waals surface area contributed by atoms with Crippen molar-refractivity contribution in [2.45, 2.75) is 0 Å². The normalized spacial score (nSPS) is 11.6. The zero-order valence-corrected chi connectivity index (χ0v) is 27.1. The number of hydrogen-bond donors (Lipinski definition) is 0. The van der Waals surface area contributed by atoms with Crippen LogP contribution in [-0.2, 0) is 0 Å². The van der Waals surface area contributed by atoms with Gasteiger partial charge < -0.3 is 9.32 Å². The maximum atomic E-state index is 6.25. The van der Waals surface area contributed by atoms with Gasteiger partial charge in [0, 0.05) is 39.1 Å². The summed E-state index contributed by atoms with van der Waals surface area (Å²) in [6, 6.07) is 60.6. The molecule has 0 radical (unpaired) electrons. The molecule has 0 bridgehead atoms. The fraction of sp³-hybridized carbons (Fsp3) is 0. The highest BCUT2D eigenvalue weighted by molar-refractivity contribution is 6.13. The molecule has 0 atom stereocenters. The molecule has 0 fully saturated rings. The second kappa shape index (κ2) is 11.5. The van der Waals surface area contributed by atoms with E-state index in [0.717, 1.165) is 49.8 Å². The number of fused-ring (bicyclic) bond motifs is 7. The molecule has 234 valence electrons. The summed E-state index contributed by atoms with van der Waals surface area (Å²) in [5.74, 6) is 0. The van der Waals surface area contributed by atoms with E-state index in [2.05, 4.69) is 163 Å². The Labute approximate surface area is 289 Å². The van der Waals surface area contributed by atoms with Gasteiger partial charge in [-0.15, -0.1) is 0 Å². The lowest BCUT2D eigenvalue weighted by Crippen LogP contribution is -2.10. The van der Waals surface area contributed by atoms with Crippen molar-refractivity contribution in [3.05, 3.63) is 182 Å². The van der Waals surface area contributed by atoms with Gasteiger partial charge in [-0.2, -0.15) is 0 Å². The predicted molar refractivity (Wildman–Crippen MR) is 210 cm³/mol. The third-order valence-electron chi connectivity index (χ3n) is 9.91. The lowest BCUT2D eigenvalue weighted by Gasteiger charge is -2.27. The van der Waals surface area contributed by atoms with Crippen LogP contribution in [-0.4, -0.2) is 4.98 Å². The van der Waals surface area contributed by atoms with Crippen LogP contribution < -0.4 is 4.90 Å². The number of para-hydroxylation sites is 1. The van der Waals surface area contributed by atoms with Crippen LogP contribution in [0.1, 0.15) is 0 Å². The Kier molecular flexibility index (Phi) is 6.49. The van der Waals surface area contributed by atoms with E-state index in [9.17, 15) is 0 Å². The summed E-state index contributed by atoms with van der Waals surface area (Å²) in [7, 11) is 0. The molecule has 0 aliphatic carbocycles. The number of furan rings is 1. The van der Waals surface area contributed by atoms with Crippen molar-refractivity contribution in [2.75, 3.05) is 4.90 Å². The highest BCUT2D eigenvalue weighted by Gasteiger charge is 2.18. The minimum atomic E-state index is 0.865. The molecular formula is C47H30N2O. The first-order valence-corrected chi connectivity index (χ1v) is 16.9. The third kappa shape index (κ3) is 4.71. The first-order valence-electron chi connectivity index (χ1n) is 16.9. The third-order valence-corrected chi connectivity index (χ3v) is 9.91. The highest BCUT2D eigenvalue weighted by atomic mass is 16.3. The zero-order chi connectivity index (χ0) is 33.0. The van der Waals surface area contributed by atoms with Crippen LogP contribution in [0.3, 0.4) is 0 Å². The molecule has 0 aliphatic heterocycles. The number of pyridine rings is 1. The molecule has 3 nitrogen and oxygen atoms in total. The van der Waals surface area contributed by atoms with Crippen LogP contribution in [0, 0.1) is 0 Å². The summed E-state index contributed by atoms with van der Waals surface area (Å²) in [5.41, 5.74) is 9.61. The van der Waals surface area contributed by atoms with Crippen molar-refractivity contribution in [3.63, 3.8) is 0 Å². The van der Waals surface area contributed by atoms with Gasteiger partial charge in [0.1, 0.15) is 11.2 Å². The quantitative estimate of drug-likeness (QED) is 0.176. The predicted octanol–water partition coefficient (Wildman–Crippen LogP) is 13.2. The van der Waals surface area contributed by atoms with Gasteiger partial charge in [-0.3, -0.25) is 4.98 Å². The summed E-state index contributed by atoms with van der Waals surface area (Å²) in [4.78, 5) is 7.06. The molecule has 0 saturated heterocycles. The molecule has 2 heterocycles. The Hall–Kier alpha value is -6.71. The van der Waals surface area contributed by atoms with Gasteiger partial charge in [-0.1, -0.05) is 121 Å². The number of benzene rings is 8. The number of rotatable bonds is 5. The first kappa shape index (κ1) is 28.3. The van der Waals surface area contributed by atoms with Crippen molar-refractivity contribution < 1.29 is 4.42 Å². The second-order valence-electron chi connectivity index (χ2n) is 12.8. The smallest absolute Gasteiger partial charge is 0.136 e. The molecule has 2 aromatic heterocycles. The molecule has 0 unspecified atom stereocenters. The summed E-state index contributed by atoms with van der Waals surface area (Å²) in [6.07, 6.45) is 3.90. The fourth-order valence-corrected chi connectivity index (χ4v) is 7.41. The minimum Gasteiger partial charge on any atom is -0.456 e. The summed E-state index contributed by atoms with van der Waals surface area (Å²) in [6.45, 7) is 0. The molecule has 0 saturated carbocycles. The van der Waals surface area contributed by atoms with Crippen LogP contribution in [0.2, 0.25) is 0 Å². The SMILES string of the molecule is c1ccc(-c2ccc(N(c3ccc(-c4ccc5c(ccc6ccccc65)c4)cc3)c3cncc4cc5oc6ccccc6c5cc34)cc2)cc1. The number of aromatic nitrogens is 1. The molecule has 0 aliphatic rings. The van der Waals surface area contributed by atoms with E-state index in [1.54, 1.807) is 0 Å². The molecule has 10 aromatic rings. The van der Waals surface area contributed by atoms with Crippen molar-refractivity contribution in [1.29, 1.82) is 0 Å². The van der Waals surface area contributed by atoms with Crippen molar-refractivity contribution in [2.24, 2.45) is 0 Å². The standard InChI is InChI=1S/C47H30N2O/c1-2-8-31(9-3-1)32-16-21-38(22-17-32)49(45-30-48-29-37-27-47-44(28-43(37)45)42-12-6-7-13-46(42)50-47)39-23-18-33(19-24-39)35-20-25-41-36(26-35)15-14-34-10-4-5-11-40(34)41/h1-30H. The zero-order valence-electron chi connectivity index (χ0n) is 27.1. The van der Waals surface area contributed by atoms with Gasteiger partial charge in [0.25, 0.3) is 0 Å². The number of nitrogens with zero attached hydrogens (tertiary/aromatic N) is 2. The Bertz CT molecular complexity index is 2850. The second-order valence-corrected chi connectivity index (χ2v) is 12.8. The van der Waals surface area contributed by atoms with E-state index in [0.29, 0.717) is 0 Å². The monoisotopic (exact) mass is 638 g/mol. The maximum Gasteiger partial charge on any atom is 0.136 e. The lowest BCUT2D eigenvalue weighted by molar-refractivity contribution is 0.669. The van der Waals surface area contributed by atoms with Crippen LogP contribution in [0.15, 0.2) is 187 Å². The largest absolute Gasteiger partial charge is 0.456 e. The minimum absolute atomic E-state index is 0.865. The van der Waals surface area contributed by atoms with Gasteiger partial charge >= 0.3 is 0 Å². The van der Waals surface area contributed by atoms with Crippen LogP contribution >= 0.6 is 0 Å². The van der Waals surface area contributed by atoms with Crippen LogP contribution in [0.5, 0.6) is 0 Å². The van der Waals surface area contributed by atoms with E-state index in [4.69, 9.17) is 9.40 Å². The van der Waals surface area contributed by atoms with E-state index >= 15 is 0 Å². The van der Waals surface area contributed by atoms with Gasteiger partial charge in [0.15, 0.2) is 0 Å². The molecule has 0 N–H and O–H groups in total. The Morgan fingerprint density at radius 2 is 0.980 bits per heavy atom. The topological polar surface area (TPSA) is 29.3 Å². The average molecular weight is 639 g/mol. The molecule has 10 rings (SSSR count). The van der Waals surface area contributed by atoms with Gasteiger partial charge in [-0.05, 0) is 92.3 Å². The summed E-state index contributed by atoms with van der Waals surface area (Å²) in [5, 5.41) is 9.40. The van der Waals surface area contributed by atoms with Gasteiger partial charge in [-0.25, -0.2) is 0 Å². The Morgan fingerprint density at radius 3 is 1.78 bits per heavy atom. The van der Waals surface area contributed by atoms with E-state index in [-0.39, 0.29) is 0 Å². The molecule has 0 spiro atoms. The molecule has 3 heteroatoms. The maximum absolute atomic E-state index is 6.25. The summed E-state index contributed by atoms with van der Waals surface area (Å²) < 4.78 is 6.25. The van der Waals surface area contributed by atoms with Crippen LogP contribution in [0.25, 0.3) is 76.5 Å². The number of hydrogen-bond acceptors (Lipinski definition) is 3. The van der Waals surface area contributed by atoms with E-state index in [1.165, 1.54) is 43.8 Å². The van der Waals surface area contributed by atoms with Gasteiger partial charge in [0.05, 0.1) is 11.9 Å². The molecule has 50 heavy (non-hydrogen) atoms. The molecule has 0 amide bonds. The highest BCUT2D eigenvalue weighted by Crippen LogP contribution is 2.42. The lowest BCUT2D eigenvalue weighted by atomic mass is 9.97. The van der Waals surface area contributed by atoms with E-state index < -0.39 is 0 Å². The molecular weight excluding hydrogens is 609 g/mol. The van der Waals surface area contributed by atoms with Gasteiger partial charge in [0.2, 0.25) is 0 Å². The van der Waals surface area contributed by atoms with Crippen LogP contribution in [0.4, 0.5) is 17.1 Å². The first-order chi connectivity index (χ1) is 24.8. The average Bonchev–Trinajstić information content (AvgIpc) is 3.55. The Balaban J connectivity index is 1.11. The van der Waals surface area contributed by atoms with Crippen molar-refractivity contribution >= 4 is 71.3 Å². The van der Waals surface area contributed by atoms with Crippen molar-refractivity contribution in [3.8, 4) is 22.3 Å². The Morgan fingerprint density at radius 1 is 0.360 bits per heavy atom. The fourth-order valence-electron chi connectivity index (χ4n) is 7.41. The van der Waals surface area contributed by atoms with Crippen molar-refractivity contribution in [1.82, 2.24) is 4.98 Å². The molecule has 8 aromatic carbocycles.